The monoisotopic (exact) mass is 341 g/mol. The molecule has 0 spiro atoms. The van der Waals surface area contributed by atoms with E-state index in [9.17, 15) is 0 Å². The summed E-state index contributed by atoms with van der Waals surface area (Å²) < 4.78 is 7.10. The molecular weight excluding hydrogens is 326 g/mol. The van der Waals surface area contributed by atoms with E-state index < -0.39 is 0 Å². The van der Waals surface area contributed by atoms with Crippen LogP contribution in [0.3, 0.4) is 0 Å². The summed E-state index contributed by atoms with van der Waals surface area (Å²) in [6.07, 6.45) is -0.165. The van der Waals surface area contributed by atoms with Gasteiger partial charge in [0.25, 0.3) is 0 Å². The second-order valence-electron chi connectivity index (χ2n) is 4.87. The lowest BCUT2D eigenvalue weighted by Gasteiger charge is -2.19. The van der Waals surface area contributed by atoms with Crippen LogP contribution in [0.1, 0.15) is 11.7 Å². The first-order valence-corrected chi connectivity index (χ1v) is 7.67. The van der Waals surface area contributed by atoms with Gasteiger partial charge < -0.3 is 10.5 Å². The summed E-state index contributed by atoms with van der Waals surface area (Å²) in [5, 5.41) is 2.37. The quantitative estimate of drug-likeness (QED) is 0.747. The van der Waals surface area contributed by atoms with E-state index in [1.807, 2.05) is 42.5 Å². The Hall–Kier alpha value is -1.84. The molecule has 0 aliphatic carbocycles. The Morgan fingerprint density at radius 1 is 0.905 bits per heavy atom. The van der Waals surface area contributed by atoms with Crippen LogP contribution in [0.15, 0.2) is 71.2 Å². The standard InChI is InChI=1S/C18H16BrNO/c19-17-8-4-3-7-16(17)18(12-20)21-15-10-9-13-5-1-2-6-14(13)11-15/h1-11,18H,12,20H2. The first-order valence-electron chi connectivity index (χ1n) is 6.88. The zero-order valence-corrected chi connectivity index (χ0v) is 13.1. The van der Waals surface area contributed by atoms with Gasteiger partial charge in [-0.05, 0) is 29.0 Å². The van der Waals surface area contributed by atoms with Crippen molar-refractivity contribution in [3.63, 3.8) is 0 Å². The number of hydrogen-bond acceptors (Lipinski definition) is 2. The van der Waals surface area contributed by atoms with Crippen LogP contribution >= 0.6 is 15.9 Å². The molecule has 1 atom stereocenters. The van der Waals surface area contributed by atoms with Crippen LogP contribution in [-0.2, 0) is 0 Å². The molecule has 0 saturated heterocycles. The van der Waals surface area contributed by atoms with Gasteiger partial charge in [0.05, 0.1) is 0 Å². The predicted molar refractivity (Wildman–Crippen MR) is 90.5 cm³/mol. The van der Waals surface area contributed by atoms with Gasteiger partial charge in [-0.2, -0.15) is 0 Å². The Balaban J connectivity index is 1.90. The highest BCUT2D eigenvalue weighted by Crippen LogP contribution is 2.29. The zero-order chi connectivity index (χ0) is 14.7. The van der Waals surface area contributed by atoms with Crippen LogP contribution in [0, 0.1) is 0 Å². The van der Waals surface area contributed by atoms with Gasteiger partial charge in [0, 0.05) is 16.6 Å². The largest absolute Gasteiger partial charge is 0.484 e. The van der Waals surface area contributed by atoms with E-state index in [-0.39, 0.29) is 6.10 Å². The van der Waals surface area contributed by atoms with Crippen molar-refractivity contribution in [3.8, 4) is 5.75 Å². The normalized spacial score (nSPS) is 12.3. The van der Waals surface area contributed by atoms with Gasteiger partial charge in [0.2, 0.25) is 0 Å². The van der Waals surface area contributed by atoms with Gasteiger partial charge in [-0.3, -0.25) is 0 Å². The highest BCUT2D eigenvalue weighted by atomic mass is 79.9. The lowest BCUT2D eigenvalue weighted by molar-refractivity contribution is 0.214. The van der Waals surface area contributed by atoms with Crippen molar-refractivity contribution in [3.05, 3.63) is 76.8 Å². The highest BCUT2D eigenvalue weighted by Gasteiger charge is 2.14. The van der Waals surface area contributed by atoms with E-state index in [0.29, 0.717) is 6.54 Å². The molecule has 3 aromatic carbocycles. The molecule has 106 valence electrons. The third kappa shape index (κ3) is 3.09. The van der Waals surface area contributed by atoms with Crippen molar-refractivity contribution >= 4 is 26.7 Å². The van der Waals surface area contributed by atoms with Crippen molar-refractivity contribution in [1.82, 2.24) is 0 Å². The van der Waals surface area contributed by atoms with E-state index in [1.165, 1.54) is 5.39 Å². The number of nitrogens with two attached hydrogens (primary N) is 1. The molecular formula is C18H16BrNO. The fourth-order valence-corrected chi connectivity index (χ4v) is 2.92. The van der Waals surface area contributed by atoms with Crippen LogP contribution in [0.4, 0.5) is 0 Å². The molecule has 0 saturated carbocycles. The maximum Gasteiger partial charge on any atom is 0.137 e. The summed E-state index contributed by atoms with van der Waals surface area (Å²) in [4.78, 5) is 0. The molecule has 2 N–H and O–H groups in total. The van der Waals surface area contributed by atoms with Crippen LogP contribution in [0.5, 0.6) is 5.75 Å². The fraction of sp³-hybridized carbons (Fsp3) is 0.111. The third-order valence-corrected chi connectivity index (χ3v) is 4.19. The molecule has 0 radical (unpaired) electrons. The molecule has 0 aromatic heterocycles. The molecule has 0 bridgehead atoms. The van der Waals surface area contributed by atoms with Crippen LogP contribution < -0.4 is 10.5 Å². The van der Waals surface area contributed by atoms with Crippen molar-refractivity contribution in [2.24, 2.45) is 5.73 Å². The summed E-state index contributed by atoms with van der Waals surface area (Å²) in [5.41, 5.74) is 6.95. The summed E-state index contributed by atoms with van der Waals surface area (Å²) in [5.74, 6) is 0.833. The van der Waals surface area contributed by atoms with Gasteiger partial charge >= 0.3 is 0 Å². The van der Waals surface area contributed by atoms with E-state index in [2.05, 4.69) is 40.2 Å². The lowest BCUT2D eigenvalue weighted by atomic mass is 10.1. The van der Waals surface area contributed by atoms with Crippen LogP contribution in [0.2, 0.25) is 0 Å². The maximum absolute atomic E-state index is 6.08. The SMILES string of the molecule is NCC(Oc1ccc2ccccc2c1)c1ccccc1Br. The average molecular weight is 342 g/mol. The predicted octanol–water partition coefficient (Wildman–Crippen LogP) is 4.68. The summed E-state index contributed by atoms with van der Waals surface area (Å²) in [6, 6.07) is 22.3. The Labute approximate surface area is 132 Å². The number of halogens is 1. The molecule has 2 nitrogen and oxygen atoms in total. The van der Waals surface area contributed by atoms with Crippen LogP contribution in [-0.4, -0.2) is 6.54 Å². The number of benzene rings is 3. The smallest absolute Gasteiger partial charge is 0.137 e. The van der Waals surface area contributed by atoms with E-state index in [4.69, 9.17) is 10.5 Å². The van der Waals surface area contributed by atoms with Crippen molar-refractivity contribution in [1.29, 1.82) is 0 Å². The summed E-state index contributed by atoms with van der Waals surface area (Å²) >= 11 is 3.56. The Bertz CT molecular complexity index is 757. The molecule has 1 unspecified atom stereocenters. The first-order chi connectivity index (χ1) is 10.3. The van der Waals surface area contributed by atoms with Gasteiger partial charge in [-0.15, -0.1) is 0 Å². The van der Waals surface area contributed by atoms with Crippen LogP contribution in [0.25, 0.3) is 10.8 Å². The van der Waals surface area contributed by atoms with Gasteiger partial charge in [-0.25, -0.2) is 0 Å². The van der Waals surface area contributed by atoms with Crippen molar-refractivity contribution in [2.45, 2.75) is 6.10 Å². The Morgan fingerprint density at radius 2 is 1.62 bits per heavy atom. The minimum Gasteiger partial charge on any atom is -0.484 e. The van der Waals surface area contributed by atoms with Gasteiger partial charge in [-0.1, -0.05) is 64.5 Å². The minimum atomic E-state index is -0.165. The third-order valence-electron chi connectivity index (χ3n) is 3.47. The van der Waals surface area contributed by atoms with E-state index >= 15 is 0 Å². The number of hydrogen-bond donors (Lipinski definition) is 1. The average Bonchev–Trinajstić information content (AvgIpc) is 2.53. The minimum absolute atomic E-state index is 0.165. The molecule has 0 aliphatic rings. The zero-order valence-electron chi connectivity index (χ0n) is 11.5. The molecule has 0 fully saturated rings. The molecule has 0 heterocycles. The molecule has 3 rings (SSSR count). The fourth-order valence-electron chi connectivity index (χ4n) is 2.38. The number of fused-ring (bicyclic) bond motifs is 1. The molecule has 3 aromatic rings. The Kier molecular flexibility index (Phi) is 4.23. The second-order valence-corrected chi connectivity index (χ2v) is 5.73. The second kappa shape index (κ2) is 6.29. The number of ether oxygens (including phenoxy) is 1. The van der Waals surface area contributed by atoms with E-state index in [1.54, 1.807) is 0 Å². The van der Waals surface area contributed by atoms with Gasteiger partial charge in [0.15, 0.2) is 0 Å². The molecule has 3 heteroatoms. The van der Waals surface area contributed by atoms with E-state index in [0.717, 1.165) is 21.2 Å². The number of rotatable bonds is 4. The maximum atomic E-state index is 6.08. The topological polar surface area (TPSA) is 35.2 Å². The summed E-state index contributed by atoms with van der Waals surface area (Å²) in [6.45, 7) is 0.426. The van der Waals surface area contributed by atoms with Gasteiger partial charge in [0.1, 0.15) is 11.9 Å². The van der Waals surface area contributed by atoms with Crippen molar-refractivity contribution in [2.75, 3.05) is 6.54 Å². The lowest BCUT2D eigenvalue weighted by Crippen LogP contribution is -2.18. The summed E-state index contributed by atoms with van der Waals surface area (Å²) in [7, 11) is 0. The molecule has 0 amide bonds. The highest BCUT2D eigenvalue weighted by molar-refractivity contribution is 9.10. The molecule has 21 heavy (non-hydrogen) atoms. The molecule has 0 aliphatic heterocycles. The van der Waals surface area contributed by atoms with Crippen molar-refractivity contribution < 1.29 is 4.74 Å². The Morgan fingerprint density at radius 3 is 2.38 bits per heavy atom. The first kappa shape index (κ1) is 14.1.